The summed E-state index contributed by atoms with van der Waals surface area (Å²) in [4.78, 5) is 0. The van der Waals surface area contributed by atoms with Crippen LogP contribution in [-0.2, 0) is 11.8 Å². The van der Waals surface area contributed by atoms with Gasteiger partial charge in [0, 0.05) is 18.4 Å². The Labute approximate surface area is 92.3 Å². The number of hydrogen-bond acceptors (Lipinski definition) is 2. The van der Waals surface area contributed by atoms with Crippen molar-refractivity contribution in [2.75, 3.05) is 6.61 Å². The molecular formula is C13H22O2. The average Bonchev–Trinajstić information content (AvgIpc) is 2.60. The molecule has 15 heavy (non-hydrogen) atoms. The first-order valence-electron chi connectivity index (χ1n) is 5.74. The van der Waals surface area contributed by atoms with Gasteiger partial charge < -0.3 is 9.52 Å². The van der Waals surface area contributed by atoms with Crippen molar-refractivity contribution in [2.24, 2.45) is 0 Å². The van der Waals surface area contributed by atoms with Crippen LogP contribution in [0.15, 0.2) is 16.5 Å². The summed E-state index contributed by atoms with van der Waals surface area (Å²) in [5.74, 6) is 2.12. The van der Waals surface area contributed by atoms with Crippen LogP contribution < -0.4 is 0 Å². The van der Waals surface area contributed by atoms with Gasteiger partial charge in [0.05, 0.1) is 0 Å². The van der Waals surface area contributed by atoms with Crippen LogP contribution in [0.3, 0.4) is 0 Å². The molecule has 0 saturated carbocycles. The highest BCUT2D eigenvalue weighted by atomic mass is 16.3. The maximum Gasteiger partial charge on any atom is 0.109 e. The highest BCUT2D eigenvalue weighted by molar-refractivity contribution is 5.14. The highest BCUT2D eigenvalue weighted by Gasteiger charge is 2.17. The van der Waals surface area contributed by atoms with E-state index < -0.39 is 0 Å². The smallest absolute Gasteiger partial charge is 0.109 e. The van der Waals surface area contributed by atoms with Crippen LogP contribution in [0.1, 0.15) is 51.6 Å². The molecule has 0 aliphatic carbocycles. The van der Waals surface area contributed by atoms with E-state index >= 15 is 0 Å². The van der Waals surface area contributed by atoms with E-state index in [4.69, 9.17) is 9.52 Å². The van der Waals surface area contributed by atoms with Crippen LogP contribution in [0.25, 0.3) is 0 Å². The van der Waals surface area contributed by atoms with Crippen LogP contribution in [0, 0.1) is 0 Å². The van der Waals surface area contributed by atoms with Crippen molar-refractivity contribution in [2.45, 2.75) is 51.9 Å². The lowest BCUT2D eigenvalue weighted by Crippen LogP contribution is -2.09. The number of unbranched alkanes of at least 4 members (excludes halogenated alkanes) is 2. The standard InChI is InChI=1S/C13H22O2/c1-13(2,3)12-9-8-11(15-12)7-5-4-6-10-14/h8-9,14H,4-7,10H2,1-3H3. The molecule has 1 aromatic rings. The Morgan fingerprint density at radius 2 is 1.87 bits per heavy atom. The zero-order valence-corrected chi connectivity index (χ0v) is 10.0. The monoisotopic (exact) mass is 210 g/mol. The molecule has 0 atom stereocenters. The third kappa shape index (κ3) is 4.08. The number of aliphatic hydroxyl groups excluding tert-OH is 1. The van der Waals surface area contributed by atoms with Crippen molar-refractivity contribution in [3.8, 4) is 0 Å². The van der Waals surface area contributed by atoms with E-state index in [-0.39, 0.29) is 5.41 Å². The number of aliphatic hydroxyl groups is 1. The topological polar surface area (TPSA) is 33.4 Å². The summed E-state index contributed by atoms with van der Waals surface area (Å²) in [7, 11) is 0. The first kappa shape index (κ1) is 12.3. The molecule has 0 amide bonds. The van der Waals surface area contributed by atoms with Crippen LogP contribution in [0.2, 0.25) is 0 Å². The molecule has 1 N–H and O–H groups in total. The molecule has 0 spiro atoms. The second kappa shape index (κ2) is 5.36. The molecule has 1 heterocycles. The number of furan rings is 1. The Kier molecular flexibility index (Phi) is 4.40. The largest absolute Gasteiger partial charge is 0.466 e. The Morgan fingerprint density at radius 1 is 1.13 bits per heavy atom. The van der Waals surface area contributed by atoms with E-state index in [1.54, 1.807) is 0 Å². The minimum absolute atomic E-state index is 0.101. The molecule has 86 valence electrons. The van der Waals surface area contributed by atoms with Crippen molar-refractivity contribution in [3.63, 3.8) is 0 Å². The van der Waals surface area contributed by atoms with Gasteiger partial charge in [0.25, 0.3) is 0 Å². The fourth-order valence-electron chi connectivity index (χ4n) is 1.50. The van der Waals surface area contributed by atoms with Gasteiger partial charge in [-0.3, -0.25) is 0 Å². The normalized spacial score (nSPS) is 12.0. The predicted molar refractivity (Wildman–Crippen MR) is 62.0 cm³/mol. The molecule has 2 heteroatoms. The van der Waals surface area contributed by atoms with Crippen molar-refractivity contribution < 1.29 is 9.52 Å². The molecule has 0 fully saturated rings. The van der Waals surface area contributed by atoms with Crippen LogP contribution >= 0.6 is 0 Å². The summed E-state index contributed by atoms with van der Waals surface area (Å²) in [5.41, 5.74) is 0.101. The summed E-state index contributed by atoms with van der Waals surface area (Å²) >= 11 is 0. The fourth-order valence-corrected chi connectivity index (χ4v) is 1.50. The first-order chi connectivity index (χ1) is 7.04. The van der Waals surface area contributed by atoms with Crippen molar-refractivity contribution >= 4 is 0 Å². The number of hydrogen-bond donors (Lipinski definition) is 1. The minimum atomic E-state index is 0.101. The zero-order valence-electron chi connectivity index (χ0n) is 10.0. The lowest BCUT2D eigenvalue weighted by Gasteiger charge is -2.14. The number of aryl methyl sites for hydroxylation is 1. The molecule has 0 unspecified atom stereocenters. The molecule has 0 bridgehead atoms. The first-order valence-corrected chi connectivity index (χ1v) is 5.74. The molecule has 0 aliphatic heterocycles. The van der Waals surface area contributed by atoms with Gasteiger partial charge in [-0.25, -0.2) is 0 Å². The fraction of sp³-hybridized carbons (Fsp3) is 0.692. The second-order valence-corrected chi connectivity index (χ2v) is 5.05. The van der Waals surface area contributed by atoms with E-state index in [0.717, 1.165) is 37.2 Å². The SMILES string of the molecule is CC(C)(C)c1ccc(CCCCCO)o1. The lowest BCUT2D eigenvalue weighted by atomic mass is 9.94. The second-order valence-electron chi connectivity index (χ2n) is 5.05. The van der Waals surface area contributed by atoms with Gasteiger partial charge in [-0.2, -0.15) is 0 Å². The van der Waals surface area contributed by atoms with Crippen molar-refractivity contribution in [1.29, 1.82) is 0 Å². The number of rotatable bonds is 5. The van der Waals surface area contributed by atoms with Gasteiger partial charge in [-0.05, 0) is 25.0 Å². The van der Waals surface area contributed by atoms with Crippen LogP contribution in [0.4, 0.5) is 0 Å². The maximum absolute atomic E-state index is 8.65. The molecule has 0 aromatic carbocycles. The molecule has 1 aromatic heterocycles. The zero-order chi connectivity index (χ0) is 11.3. The van der Waals surface area contributed by atoms with E-state index in [1.807, 2.05) is 0 Å². The third-order valence-electron chi connectivity index (χ3n) is 2.48. The van der Waals surface area contributed by atoms with Crippen molar-refractivity contribution in [3.05, 3.63) is 23.7 Å². The summed E-state index contributed by atoms with van der Waals surface area (Å²) in [5, 5.41) is 8.65. The van der Waals surface area contributed by atoms with E-state index in [2.05, 4.69) is 32.9 Å². The Balaban J connectivity index is 2.40. The van der Waals surface area contributed by atoms with E-state index in [0.29, 0.717) is 6.61 Å². The van der Waals surface area contributed by atoms with E-state index in [9.17, 15) is 0 Å². The Hall–Kier alpha value is -0.760. The van der Waals surface area contributed by atoms with Gasteiger partial charge in [-0.1, -0.05) is 27.2 Å². The summed E-state index contributed by atoms with van der Waals surface area (Å²) in [6, 6.07) is 4.14. The Bertz CT molecular complexity index is 281. The van der Waals surface area contributed by atoms with Crippen LogP contribution in [-0.4, -0.2) is 11.7 Å². The quantitative estimate of drug-likeness (QED) is 0.757. The molecule has 2 nitrogen and oxygen atoms in total. The molecule has 1 rings (SSSR count). The molecule has 0 radical (unpaired) electrons. The van der Waals surface area contributed by atoms with Gasteiger partial charge in [-0.15, -0.1) is 0 Å². The summed E-state index contributed by atoms with van der Waals surface area (Å²) < 4.78 is 5.77. The molecular weight excluding hydrogens is 188 g/mol. The predicted octanol–water partition coefficient (Wildman–Crippen LogP) is 3.28. The molecule has 0 saturated heterocycles. The third-order valence-corrected chi connectivity index (χ3v) is 2.48. The van der Waals surface area contributed by atoms with Gasteiger partial charge in [0.1, 0.15) is 11.5 Å². The van der Waals surface area contributed by atoms with Crippen LogP contribution in [0.5, 0.6) is 0 Å². The van der Waals surface area contributed by atoms with E-state index in [1.165, 1.54) is 0 Å². The summed E-state index contributed by atoms with van der Waals surface area (Å²) in [6.07, 6.45) is 4.04. The summed E-state index contributed by atoms with van der Waals surface area (Å²) in [6.45, 7) is 6.76. The highest BCUT2D eigenvalue weighted by Crippen LogP contribution is 2.24. The average molecular weight is 210 g/mol. The molecule has 0 aliphatic rings. The van der Waals surface area contributed by atoms with Gasteiger partial charge >= 0.3 is 0 Å². The van der Waals surface area contributed by atoms with Gasteiger partial charge in [0.2, 0.25) is 0 Å². The Morgan fingerprint density at radius 3 is 2.40 bits per heavy atom. The maximum atomic E-state index is 8.65. The lowest BCUT2D eigenvalue weighted by molar-refractivity contribution is 0.282. The van der Waals surface area contributed by atoms with Gasteiger partial charge in [0.15, 0.2) is 0 Å². The minimum Gasteiger partial charge on any atom is -0.466 e. The van der Waals surface area contributed by atoms with Crippen molar-refractivity contribution in [1.82, 2.24) is 0 Å².